The highest BCUT2D eigenvalue weighted by Gasteiger charge is 2.42. The van der Waals surface area contributed by atoms with Gasteiger partial charge in [0.25, 0.3) is 0 Å². The van der Waals surface area contributed by atoms with Crippen molar-refractivity contribution in [3.63, 3.8) is 0 Å². The first kappa shape index (κ1) is 45.3. The van der Waals surface area contributed by atoms with Crippen LogP contribution in [0.15, 0.2) is 40.9 Å². The Morgan fingerprint density at radius 1 is 1.10 bits per heavy atom. The lowest BCUT2D eigenvalue weighted by Gasteiger charge is -2.48. The van der Waals surface area contributed by atoms with Crippen molar-refractivity contribution in [2.24, 2.45) is 28.7 Å². The number of anilines is 2. The maximum absolute atomic E-state index is 14.4. The molecule has 0 spiro atoms. The molecule has 5 unspecified atom stereocenters. The molecule has 13 nitrogen and oxygen atoms in total. The number of fused-ring (bicyclic) bond motifs is 2. The molecular formula is C48H65N7O6. The number of hydrogen-bond donors (Lipinski definition) is 2. The fourth-order valence-electron chi connectivity index (χ4n) is 9.62. The van der Waals surface area contributed by atoms with Gasteiger partial charge in [0.15, 0.2) is 17.5 Å². The fraction of sp³-hybridized carbons (Fsp3) is 0.583. The van der Waals surface area contributed by atoms with Crippen LogP contribution in [-0.2, 0) is 19.1 Å². The van der Waals surface area contributed by atoms with E-state index in [2.05, 4.69) is 76.9 Å². The molecule has 2 aromatic carbocycles. The number of benzene rings is 2. The third kappa shape index (κ3) is 9.65. The second-order valence-corrected chi connectivity index (χ2v) is 18.5. The number of methoxy groups -OCH3 is 1. The first-order valence-electron chi connectivity index (χ1n) is 22.1. The lowest BCUT2D eigenvalue weighted by Crippen LogP contribution is -2.48. The molecule has 2 aliphatic heterocycles. The van der Waals surface area contributed by atoms with E-state index >= 15 is 0 Å². The monoisotopic (exact) mass is 835 g/mol. The number of hydrogen-bond acceptors (Lipinski definition) is 11. The van der Waals surface area contributed by atoms with E-state index in [-0.39, 0.29) is 65.0 Å². The Labute approximate surface area is 361 Å². The maximum atomic E-state index is 14.4. The van der Waals surface area contributed by atoms with Gasteiger partial charge in [0.1, 0.15) is 35.8 Å². The third-order valence-electron chi connectivity index (χ3n) is 12.9. The van der Waals surface area contributed by atoms with Gasteiger partial charge in [-0.1, -0.05) is 48.0 Å². The van der Waals surface area contributed by atoms with Crippen LogP contribution < -0.4 is 15.0 Å². The molecule has 6 rings (SSSR count). The summed E-state index contributed by atoms with van der Waals surface area (Å²) in [5.41, 5.74) is 5.48. The number of aliphatic imine (C=N–C) groups is 1. The van der Waals surface area contributed by atoms with Gasteiger partial charge in [0.2, 0.25) is 0 Å². The molecule has 3 aliphatic rings. The molecular weight excluding hydrogens is 771 g/mol. The second-order valence-electron chi connectivity index (χ2n) is 18.5. The number of ether oxygens (including phenoxy) is 3. The zero-order chi connectivity index (χ0) is 44.3. The average molecular weight is 836 g/mol. The van der Waals surface area contributed by atoms with Gasteiger partial charge >= 0.3 is 11.9 Å². The maximum Gasteiger partial charge on any atom is 0.343 e. The van der Waals surface area contributed by atoms with Gasteiger partial charge in [0, 0.05) is 23.3 Å². The molecule has 1 aromatic heterocycles. The van der Waals surface area contributed by atoms with Crippen molar-refractivity contribution >= 4 is 40.4 Å². The molecule has 2 N–H and O–H groups in total. The van der Waals surface area contributed by atoms with Crippen molar-refractivity contribution in [3.05, 3.63) is 52.9 Å². The van der Waals surface area contributed by atoms with Crippen molar-refractivity contribution < 1.29 is 28.9 Å². The largest absolute Gasteiger partial charge is 0.495 e. The average Bonchev–Trinajstić information content (AvgIpc) is 3.75. The molecule has 1 fully saturated rings. The lowest BCUT2D eigenvalue weighted by atomic mass is 9.75. The number of nitrogens with zero attached hydrogens (tertiary/aromatic N) is 6. The van der Waals surface area contributed by atoms with Crippen LogP contribution in [0.2, 0.25) is 0 Å². The van der Waals surface area contributed by atoms with Gasteiger partial charge in [-0.15, -0.1) is 5.10 Å². The molecule has 0 saturated heterocycles. The Morgan fingerprint density at radius 2 is 1.82 bits per heavy atom. The number of unbranched alkanes of at least 4 members (excludes halogenated alkanes) is 1. The van der Waals surface area contributed by atoms with Gasteiger partial charge in [-0.2, -0.15) is 9.94 Å². The van der Waals surface area contributed by atoms with Crippen LogP contribution in [0.1, 0.15) is 130 Å². The van der Waals surface area contributed by atoms with Gasteiger partial charge in [-0.25, -0.2) is 14.8 Å². The molecule has 0 radical (unpaired) electrons. The minimum atomic E-state index is -0.822. The highest BCUT2D eigenvalue weighted by molar-refractivity contribution is 6.30. The summed E-state index contributed by atoms with van der Waals surface area (Å²) in [4.78, 5) is 38.3. The lowest BCUT2D eigenvalue weighted by molar-refractivity contribution is -0.150. The summed E-state index contributed by atoms with van der Waals surface area (Å²) in [5.74, 6) is 0.575. The zero-order valence-electron chi connectivity index (χ0n) is 38.0. The first-order chi connectivity index (χ1) is 29.0. The quantitative estimate of drug-likeness (QED) is 0.104. The molecule has 0 bridgehead atoms. The molecule has 0 amide bonds. The van der Waals surface area contributed by atoms with Crippen LogP contribution in [0, 0.1) is 41.9 Å². The topological polar surface area (TPSA) is 164 Å². The van der Waals surface area contributed by atoms with Crippen molar-refractivity contribution in [3.8, 4) is 23.2 Å². The molecule has 328 valence electrons. The number of rotatable bonds is 16. The minimum absolute atomic E-state index is 0.000691. The summed E-state index contributed by atoms with van der Waals surface area (Å²) in [5, 5.41) is 28.3. The minimum Gasteiger partial charge on any atom is -0.495 e. The number of nitrogens with one attached hydrogen (secondary N) is 1. The smallest absolute Gasteiger partial charge is 0.343 e. The van der Waals surface area contributed by atoms with E-state index in [1.807, 2.05) is 26.0 Å². The predicted octanol–water partition coefficient (Wildman–Crippen LogP) is 9.91. The number of nitriles is 1. The Kier molecular flexibility index (Phi) is 14.0. The van der Waals surface area contributed by atoms with E-state index in [1.165, 1.54) is 15.9 Å². The summed E-state index contributed by atoms with van der Waals surface area (Å²) in [6.45, 7) is 22.4. The SMILES string of the molecule is CCCCN1c2cc(C)c(N=C3C(C#N)=C(C(=O)OC4C(C)CC(C)CC4C)c4nc(-c5ccc(OC)c(NCOC(C)CCC(C)C(=O)O)c5)nn43)cc2C(C)CC1(C)C. The molecule has 3 heterocycles. The number of carboxylic acid groups (broad SMARTS) is 1. The molecule has 1 aliphatic carbocycles. The summed E-state index contributed by atoms with van der Waals surface area (Å²) < 4.78 is 19.5. The number of aliphatic carboxylic acids is 1. The third-order valence-corrected chi connectivity index (χ3v) is 12.9. The Morgan fingerprint density at radius 3 is 2.48 bits per heavy atom. The van der Waals surface area contributed by atoms with Crippen LogP contribution in [0.25, 0.3) is 17.0 Å². The van der Waals surface area contributed by atoms with Crippen LogP contribution in [0.4, 0.5) is 17.1 Å². The fourth-order valence-corrected chi connectivity index (χ4v) is 9.62. The molecule has 1 saturated carbocycles. The van der Waals surface area contributed by atoms with E-state index < -0.39 is 17.9 Å². The van der Waals surface area contributed by atoms with Crippen molar-refractivity contribution in [1.82, 2.24) is 14.8 Å². The van der Waals surface area contributed by atoms with Crippen molar-refractivity contribution in [2.75, 3.05) is 30.6 Å². The molecule has 3 aromatic rings. The predicted molar refractivity (Wildman–Crippen MR) is 239 cm³/mol. The molecule has 13 heteroatoms. The van der Waals surface area contributed by atoms with Crippen molar-refractivity contribution in [1.29, 1.82) is 5.26 Å². The van der Waals surface area contributed by atoms with Gasteiger partial charge in [-0.3, -0.25) is 4.79 Å². The summed E-state index contributed by atoms with van der Waals surface area (Å²) in [6.07, 6.45) is 5.72. The number of esters is 1. The highest BCUT2D eigenvalue weighted by atomic mass is 16.5. The van der Waals surface area contributed by atoms with Gasteiger partial charge in [-0.05, 0) is 131 Å². The summed E-state index contributed by atoms with van der Waals surface area (Å²) >= 11 is 0. The molecule has 61 heavy (non-hydrogen) atoms. The van der Waals surface area contributed by atoms with E-state index in [1.54, 1.807) is 20.1 Å². The van der Waals surface area contributed by atoms with E-state index in [4.69, 9.17) is 29.3 Å². The number of aromatic nitrogens is 3. The first-order valence-corrected chi connectivity index (χ1v) is 22.1. The highest BCUT2D eigenvalue weighted by Crippen LogP contribution is 2.46. The van der Waals surface area contributed by atoms with E-state index in [0.717, 1.165) is 44.2 Å². The zero-order valence-corrected chi connectivity index (χ0v) is 38.0. The molecule has 5 atom stereocenters. The number of allylic oxidation sites excluding steroid dienone is 1. The summed E-state index contributed by atoms with van der Waals surface area (Å²) in [7, 11) is 1.58. The van der Waals surface area contributed by atoms with Crippen molar-refractivity contribution in [2.45, 2.75) is 138 Å². The van der Waals surface area contributed by atoms with Crippen LogP contribution >= 0.6 is 0 Å². The van der Waals surface area contributed by atoms with Gasteiger partial charge in [0.05, 0.1) is 30.5 Å². The summed E-state index contributed by atoms with van der Waals surface area (Å²) in [6, 6.07) is 12.2. The number of aryl methyl sites for hydroxylation is 1. The Hall–Kier alpha value is -5.22. The van der Waals surface area contributed by atoms with Crippen LogP contribution in [0.5, 0.6) is 5.75 Å². The number of carboxylic acids is 1. The standard InChI is InChI=1S/C48H65N7O6/c1-12-13-18-54-39-21-29(4)37(23-35(39)32(7)24-48(54,9)10)51-44-36(25-49)41(47(58)61-42-30(5)19-27(2)20-31(42)6)45-52-43(53-55(44)45)34-16-17-40(59-11)38(22-34)50-26-60-33(8)15-14-28(3)46(56)57/h16-17,21-23,27-28,30-33,42,50H,12-15,18-20,24,26H2,1-11H3,(H,56,57). The number of carbonyl (C=O) groups excluding carboxylic acids is 1. The van der Waals surface area contributed by atoms with Gasteiger partial charge < -0.3 is 29.5 Å². The Bertz CT molecular complexity index is 2210. The van der Waals surface area contributed by atoms with E-state index in [0.29, 0.717) is 47.3 Å². The van der Waals surface area contributed by atoms with Crippen LogP contribution in [0.3, 0.4) is 0 Å². The second kappa shape index (κ2) is 18.8. The number of carbonyl (C=O) groups is 2. The Balaban J connectivity index is 1.39. The normalized spacial score (nSPS) is 23.5. The van der Waals surface area contributed by atoms with Crippen LogP contribution in [-0.4, -0.2) is 75.8 Å². The van der Waals surface area contributed by atoms with E-state index in [9.17, 15) is 20.0 Å².